The van der Waals surface area contributed by atoms with Crippen LogP contribution in [0.2, 0.25) is 0 Å². The number of amides is 1. The number of hydrogen-bond acceptors (Lipinski definition) is 5. The first-order valence-electron chi connectivity index (χ1n) is 12.3. The van der Waals surface area contributed by atoms with E-state index in [9.17, 15) is 14.7 Å². The second kappa shape index (κ2) is 9.03. The highest BCUT2D eigenvalue weighted by atomic mass is 32.1. The van der Waals surface area contributed by atoms with Gasteiger partial charge in [0.25, 0.3) is 0 Å². The van der Waals surface area contributed by atoms with Gasteiger partial charge in [-0.15, -0.1) is 11.3 Å². The van der Waals surface area contributed by atoms with Crippen LogP contribution in [-0.4, -0.2) is 49.0 Å². The van der Waals surface area contributed by atoms with Crippen molar-refractivity contribution >= 4 is 33.4 Å². The zero-order valence-electron chi connectivity index (χ0n) is 20.7. The molecule has 1 N–H and O–H groups in total. The summed E-state index contributed by atoms with van der Waals surface area (Å²) in [7, 11) is 6.76. The average molecular weight is 492 g/mol. The number of carboxylic acids is 1. The van der Waals surface area contributed by atoms with Crippen LogP contribution in [-0.2, 0) is 29.0 Å². The lowest BCUT2D eigenvalue weighted by Gasteiger charge is -2.39. The van der Waals surface area contributed by atoms with Crippen molar-refractivity contribution in [2.75, 3.05) is 27.7 Å². The molecule has 0 aliphatic heterocycles. The molecule has 0 radical (unpaired) electrons. The van der Waals surface area contributed by atoms with Gasteiger partial charge in [-0.3, -0.25) is 4.79 Å². The van der Waals surface area contributed by atoms with Crippen LogP contribution < -0.4 is 10.4 Å². The van der Waals surface area contributed by atoms with E-state index in [-0.39, 0.29) is 12.3 Å². The van der Waals surface area contributed by atoms with Gasteiger partial charge < -0.3 is 19.7 Å². The summed E-state index contributed by atoms with van der Waals surface area (Å²) in [5.74, 6) is -0.0246. The first kappa shape index (κ1) is 23.9. The van der Waals surface area contributed by atoms with Crippen LogP contribution in [0.3, 0.4) is 0 Å². The number of fused-ring (bicyclic) bond motifs is 2. The smallest absolute Gasteiger partial charge is 0.227 e. The standard InChI is InChI=1S/C28H33N3O3S/c1-31(2,3)17-18-10-22(11-18)19-8-9-23-24(12-19)35-25(30-23)16-29-27(34)28(15-26(32)33)13-20-6-4-5-7-21(20)14-28/h4-9,12,18,22H,10-11,13-17H2,1-3H3,(H-,29,32,33,34). The monoisotopic (exact) mass is 491 g/mol. The summed E-state index contributed by atoms with van der Waals surface area (Å²) in [6, 6.07) is 14.3. The predicted octanol–water partition coefficient (Wildman–Crippen LogP) is 3.04. The predicted molar refractivity (Wildman–Crippen MR) is 136 cm³/mol. The SMILES string of the molecule is C[N+](C)(C)CC1CC(c2ccc3nc(CNC(=O)C4(CC(=O)[O-])Cc5ccccc5C4)sc3c2)C1. The van der Waals surface area contributed by atoms with Crippen molar-refractivity contribution in [3.8, 4) is 0 Å². The van der Waals surface area contributed by atoms with Crippen molar-refractivity contribution in [2.24, 2.45) is 11.3 Å². The first-order chi connectivity index (χ1) is 16.6. The zero-order chi connectivity index (χ0) is 24.8. The fraction of sp³-hybridized carbons (Fsp3) is 0.464. The Morgan fingerprint density at radius 3 is 2.43 bits per heavy atom. The van der Waals surface area contributed by atoms with Gasteiger partial charge in [-0.1, -0.05) is 30.3 Å². The molecule has 1 amide bonds. The Bertz CT molecular complexity index is 1240. The van der Waals surface area contributed by atoms with Gasteiger partial charge in [0, 0.05) is 18.3 Å². The molecular weight excluding hydrogens is 458 g/mol. The van der Waals surface area contributed by atoms with Crippen molar-refractivity contribution in [3.05, 3.63) is 64.2 Å². The number of nitrogens with one attached hydrogen (secondary N) is 1. The van der Waals surface area contributed by atoms with Gasteiger partial charge in [0.2, 0.25) is 5.91 Å². The lowest BCUT2D eigenvalue weighted by molar-refractivity contribution is -0.874. The van der Waals surface area contributed by atoms with Gasteiger partial charge in [-0.25, -0.2) is 4.98 Å². The summed E-state index contributed by atoms with van der Waals surface area (Å²) < 4.78 is 2.15. The second-order valence-corrected chi connectivity index (χ2v) is 12.6. The summed E-state index contributed by atoms with van der Waals surface area (Å²) >= 11 is 1.60. The molecule has 2 aliphatic rings. The van der Waals surface area contributed by atoms with Gasteiger partial charge in [0.05, 0.1) is 49.9 Å². The van der Waals surface area contributed by atoms with E-state index in [0.29, 0.717) is 25.3 Å². The Kier molecular flexibility index (Phi) is 6.18. The van der Waals surface area contributed by atoms with E-state index >= 15 is 0 Å². The van der Waals surface area contributed by atoms with Crippen LogP contribution in [0.4, 0.5) is 0 Å². The molecule has 35 heavy (non-hydrogen) atoms. The highest BCUT2D eigenvalue weighted by molar-refractivity contribution is 7.18. The number of benzene rings is 2. The number of carbonyl (C=O) groups is 2. The van der Waals surface area contributed by atoms with Crippen LogP contribution in [0.25, 0.3) is 10.2 Å². The van der Waals surface area contributed by atoms with E-state index in [4.69, 9.17) is 4.98 Å². The molecule has 1 saturated carbocycles. The molecule has 2 aromatic carbocycles. The van der Waals surface area contributed by atoms with Crippen molar-refractivity contribution in [2.45, 2.75) is 44.6 Å². The van der Waals surface area contributed by atoms with Crippen LogP contribution in [0, 0.1) is 11.3 Å². The molecule has 0 bridgehead atoms. The number of rotatable bonds is 8. The van der Waals surface area contributed by atoms with Crippen molar-refractivity contribution in [1.29, 1.82) is 0 Å². The minimum Gasteiger partial charge on any atom is -0.550 e. The van der Waals surface area contributed by atoms with E-state index < -0.39 is 11.4 Å². The summed E-state index contributed by atoms with van der Waals surface area (Å²) in [5.41, 5.74) is 3.40. The number of carboxylic acid groups (broad SMARTS) is 1. The van der Waals surface area contributed by atoms with Crippen LogP contribution in [0.1, 0.15) is 46.9 Å². The normalized spacial score (nSPS) is 20.9. The number of carbonyl (C=O) groups excluding carboxylic acids is 2. The van der Waals surface area contributed by atoms with Crippen molar-refractivity contribution < 1.29 is 19.2 Å². The number of aromatic nitrogens is 1. The first-order valence-corrected chi connectivity index (χ1v) is 13.2. The fourth-order valence-electron chi connectivity index (χ4n) is 5.93. The third kappa shape index (κ3) is 5.11. The maximum atomic E-state index is 13.3. The van der Waals surface area contributed by atoms with Crippen molar-refractivity contribution in [3.63, 3.8) is 0 Å². The molecule has 2 aliphatic carbocycles. The maximum Gasteiger partial charge on any atom is 0.227 e. The summed E-state index contributed by atoms with van der Waals surface area (Å²) in [6.07, 6.45) is 3.04. The minimum absolute atomic E-state index is 0.240. The zero-order valence-corrected chi connectivity index (χ0v) is 21.5. The molecule has 0 unspecified atom stereocenters. The molecule has 6 nitrogen and oxygen atoms in total. The number of thiazole rings is 1. The van der Waals surface area contributed by atoms with Crippen LogP contribution >= 0.6 is 11.3 Å². The third-order valence-corrected chi connectivity index (χ3v) is 8.53. The number of aliphatic carboxylic acids is 1. The Labute approximate surface area is 210 Å². The van der Waals surface area contributed by atoms with Crippen molar-refractivity contribution in [1.82, 2.24) is 10.3 Å². The quantitative estimate of drug-likeness (QED) is 0.491. The second-order valence-electron chi connectivity index (χ2n) is 11.5. The highest BCUT2D eigenvalue weighted by Gasteiger charge is 2.43. The molecule has 1 aromatic heterocycles. The lowest BCUT2D eigenvalue weighted by atomic mass is 9.71. The highest BCUT2D eigenvalue weighted by Crippen LogP contribution is 2.43. The van der Waals surface area contributed by atoms with Gasteiger partial charge in [0.15, 0.2) is 0 Å². The molecule has 3 aromatic rings. The molecule has 0 spiro atoms. The van der Waals surface area contributed by atoms with E-state index in [0.717, 1.165) is 36.8 Å². The number of hydrogen-bond donors (Lipinski definition) is 1. The van der Waals surface area contributed by atoms with Gasteiger partial charge in [-0.2, -0.15) is 0 Å². The molecule has 184 valence electrons. The summed E-state index contributed by atoms with van der Waals surface area (Å²) in [6.45, 7) is 1.52. The van der Waals surface area contributed by atoms with Gasteiger partial charge in [-0.05, 0) is 60.4 Å². The molecular formula is C28H33N3O3S. The van der Waals surface area contributed by atoms with E-state index in [2.05, 4.69) is 44.7 Å². The molecule has 0 atom stereocenters. The van der Waals surface area contributed by atoms with Gasteiger partial charge in [0.1, 0.15) is 5.01 Å². The van der Waals surface area contributed by atoms with Crippen LogP contribution in [0.5, 0.6) is 0 Å². The molecule has 0 saturated heterocycles. The lowest BCUT2D eigenvalue weighted by Crippen LogP contribution is -2.45. The van der Waals surface area contributed by atoms with E-state index in [1.54, 1.807) is 11.3 Å². The minimum atomic E-state index is -1.19. The van der Waals surface area contributed by atoms with E-state index in [1.807, 2.05) is 24.3 Å². The molecule has 1 fully saturated rings. The Balaban J connectivity index is 1.24. The average Bonchev–Trinajstić information content (AvgIpc) is 3.33. The summed E-state index contributed by atoms with van der Waals surface area (Å²) in [4.78, 5) is 29.5. The maximum absolute atomic E-state index is 13.3. The summed E-state index contributed by atoms with van der Waals surface area (Å²) in [5, 5.41) is 15.3. The Morgan fingerprint density at radius 1 is 1.11 bits per heavy atom. The third-order valence-electron chi connectivity index (χ3n) is 7.51. The molecule has 7 heteroatoms. The number of nitrogens with zero attached hydrogens (tertiary/aromatic N) is 2. The Hall–Kier alpha value is -2.77. The molecule has 1 heterocycles. The fourth-order valence-corrected chi connectivity index (χ4v) is 6.89. The molecule has 5 rings (SSSR count). The topological polar surface area (TPSA) is 82.1 Å². The Morgan fingerprint density at radius 2 is 1.80 bits per heavy atom. The largest absolute Gasteiger partial charge is 0.550 e. The van der Waals surface area contributed by atoms with Gasteiger partial charge >= 0.3 is 0 Å². The van der Waals surface area contributed by atoms with Crippen LogP contribution in [0.15, 0.2) is 42.5 Å². The number of quaternary nitrogens is 1. The van der Waals surface area contributed by atoms with E-state index in [1.165, 1.54) is 24.9 Å².